The molecule has 0 spiro atoms. The van der Waals surface area contributed by atoms with Gasteiger partial charge in [-0.25, -0.2) is 0 Å². The van der Waals surface area contributed by atoms with Gasteiger partial charge in [-0.2, -0.15) is 0 Å². The van der Waals surface area contributed by atoms with Gasteiger partial charge in [0, 0.05) is 38.5 Å². The van der Waals surface area contributed by atoms with Crippen LogP contribution >= 0.6 is 0 Å². The van der Waals surface area contributed by atoms with Crippen LogP contribution in [0.15, 0.2) is 42.5 Å². The van der Waals surface area contributed by atoms with E-state index in [-0.39, 0.29) is 18.6 Å². The number of carbonyl (C=O) groups is 1. The summed E-state index contributed by atoms with van der Waals surface area (Å²) in [5.41, 5.74) is 1.23. The quantitative estimate of drug-likeness (QED) is 0.813. The summed E-state index contributed by atoms with van der Waals surface area (Å²) < 4.78 is 11.3. The Labute approximate surface area is 160 Å². The highest BCUT2D eigenvalue weighted by atomic mass is 16.5. The molecule has 0 radical (unpaired) electrons. The number of nitrogens with zero attached hydrogens (tertiary/aromatic N) is 2. The van der Waals surface area contributed by atoms with Gasteiger partial charge in [-0.15, -0.1) is 0 Å². The lowest BCUT2D eigenvalue weighted by molar-refractivity contribution is -0.138. The van der Waals surface area contributed by atoms with Crippen molar-refractivity contribution in [1.29, 1.82) is 0 Å². The first-order chi connectivity index (χ1) is 13.3. The maximum Gasteiger partial charge on any atom is 0.248 e. The molecular weight excluding hydrogens is 340 g/mol. The zero-order chi connectivity index (χ0) is 18.5. The van der Waals surface area contributed by atoms with E-state index in [0.717, 1.165) is 45.6 Å². The largest absolute Gasteiger partial charge is 0.376 e. The Morgan fingerprint density at radius 1 is 1.04 bits per heavy atom. The number of piperazine rings is 1. The summed E-state index contributed by atoms with van der Waals surface area (Å²) in [4.78, 5) is 16.7. The zero-order valence-electron chi connectivity index (χ0n) is 15.8. The molecule has 5 nitrogen and oxygen atoms in total. The number of amides is 1. The molecule has 2 saturated heterocycles. The number of benzene rings is 2. The Morgan fingerprint density at radius 3 is 2.63 bits per heavy atom. The van der Waals surface area contributed by atoms with Crippen LogP contribution in [0.25, 0.3) is 10.8 Å². The minimum atomic E-state index is 0.0870. The van der Waals surface area contributed by atoms with Crippen LogP contribution in [0.3, 0.4) is 0 Å². The van der Waals surface area contributed by atoms with E-state index in [1.165, 1.54) is 22.9 Å². The van der Waals surface area contributed by atoms with Gasteiger partial charge in [0.15, 0.2) is 0 Å². The van der Waals surface area contributed by atoms with E-state index in [1.54, 1.807) is 0 Å². The average molecular weight is 368 g/mol. The zero-order valence-corrected chi connectivity index (χ0v) is 15.8. The van der Waals surface area contributed by atoms with Crippen LogP contribution in [-0.4, -0.2) is 62.9 Å². The number of carbonyl (C=O) groups excluding carboxylic acids is 1. The number of ether oxygens (including phenoxy) is 2. The van der Waals surface area contributed by atoms with Crippen molar-refractivity contribution in [3.05, 3.63) is 42.5 Å². The van der Waals surface area contributed by atoms with Crippen molar-refractivity contribution >= 4 is 22.4 Å². The SMILES string of the molecule is O=C(COCC1CCCCO1)N1CCN(c2ccc3ccccc3c2)CC1. The summed E-state index contributed by atoms with van der Waals surface area (Å²) in [6.07, 6.45) is 3.53. The molecule has 2 aliphatic rings. The molecule has 27 heavy (non-hydrogen) atoms. The first-order valence-electron chi connectivity index (χ1n) is 10.0. The Hall–Kier alpha value is -2.11. The van der Waals surface area contributed by atoms with E-state index in [0.29, 0.717) is 6.61 Å². The third-order valence-corrected chi connectivity index (χ3v) is 5.53. The first kappa shape index (κ1) is 18.3. The lowest BCUT2D eigenvalue weighted by Crippen LogP contribution is -2.49. The molecule has 0 N–H and O–H groups in total. The summed E-state index contributed by atoms with van der Waals surface area (Å²) in [6, 6.07) is 15.0. The molecule has 2 aromatic rings. The molecular formula is C22H28N2O3. The lowest BCUT2D eigenvalue weighted by Gasteiger charge is -2.36. The number of anilines is 1. The fourth-order valence-corrected chi connectivity index (χ4v) is 3.90. The third kappa shape index (κ3) is 4.60. The van der Waals surface area contributed by atoms with Crippen molar-refractivity contribution in [2.24, 2.45) is 0 Å². The van der Waals surface area contributed by atoms with Crippen molar-refractivity contribution in [1.82, 2.24) is 4.90 Å². The Bertz CT molecular complexity index is 765. The van der Waals surface area contributed by atoms with E-state index in [4.69, 9.17) is 9.47 Å². The average Bonchev–Trinajstić information content (AvgIpc) is 2.74. The van der Waals surface area contributed by atoms with Crippen LogP contribution in [0.4, 0.5) is 5.69 Å². The minimum Gasteiger partial charge on any atom is -0.376 e. The van der Waals surface area contributed by atoms with Crippen LogP contribution < -0.4 is 4.90 Å². The molecule has 1 amide bonds. The monoisotopic (exact) mass is 368 g/mol. The summed E-state index contributed by atoms with van der Waals surface area (Å²) in [5, 5.41) is 2.51. The first-order valence-corrected chi connectivity index (χ1v) is 10.0. The fraction of sp³-hybridized carbons (Fsp3) is 0.500. The van der Waals surface area contributed by atoms with Crippen LogP contribution in [0.1, 0.15) is 19.3 Å². The van der Waals surface area contributed by atoms with Crippen molar-refractivity contribution < 1.29 is 14.3 Å². The third-order valence-electron chi connectivity index (χ3n) is 5.53. The molecule has 0 bridgehead atoms. The van der Waals surface area contributed by atoms with Crippen molar-refractivity contribution in [3.8, 4) is 0 Å². The molecule has 144 valence electrons. The summed E-state index contributed by atoms with van der Waals surface area (Å²) in [7, 11) is 0. The maximum atomic E-state index is 12.4. The van der Waals surface area contributed by atoms with Gasteiger partial charge >= 0.3 is 0 Å². The molecule has 1 unspecified atom stereocenters. The second-order valence-corrected chi connectivity index (χ2v) is 7.40. The van der Waals surface area contributed by atoms with E-state index < -0.39 is 0 Å². The molecule has 0 saturated carbocycles. The topological polar surface area (TPSA) is 42.0 Å². The number of fused-ring (bicyclic) bond motifs is 1. The molecule has 4 rings (SSSR count). The van der Waals surface area contributed by atoms with Crippen LogP contribution in [0.5, 0.6) is 0 Å². The molecule has 2 fully saturated rings. The highest BCUT2D eigenvalue weighted by molar-refractivity contribution is 5.86. The van der Waals surface area contributed by atoms with E-state index in [9.17, 15) is 4.79 Å². The van der Waals surface area contributed by atoms with Gasteiger partial charge in [0.25, 0.3) is 0 Å². The molecule has 2 heterocycles. The number of hydrogen-bond acceptors (Lipinski definition) is 4. The molecule has 1 atom stereocenters. The summed E-state index contributed by atoms with van der Waals surface area (Å²) in [5.74, 6) is 0.0870. The van der Waals surface area contributed by atoms with Gasteiger partial charge in [-0.05, 0) is 42.2 Å². The van der Waals surface area contributed by atoms with E-state index in [2.05, 4.69) is 47.4 Å². The second-order valence-electron chi connectivity index (χ2n) is 7.40. The van der Waals surface area contributed by atoms with Crippen LogP contribution in [0, 0.1) is 0 Å². The Balaban J connectivity index is 1.24. The van der Waals surface area contributed by atoms with Gasteiger partial charge in [0.1, 0.15) is 6.61 Å². The molecule has 2 aliphatic heterocycles. The lowest BCUT2D eigenvalue weighted by atomic mass is 10.1. The highest BCUT2D eigenvalue weighted by Gasteiger charge is 2.22. The second kappa shape index (κ2) is 8.72. The van der Waals surface area contributed by atoms with Crippen LogP contribution in [-0.2, 0) is 14.3 Å². The van der Waals surface area contributed by atoms with Gasteiger partial charge in [-0.1, -0.05) is 30.3 Å². The fourth-order valence-electron chi connectivity index (χ4n) is 3.90. The van der Waals surface area contributed by atoms with Crippen molar-refractivity contribution in [3.63, 3.8) is 0 Å². The predicted octanol–water partition coefficient (Wildman–Crippen LogP) is 3.07. The normalized spacial score (nSPS) is 20.8. The minimum absolute atomic E-state index is 0.0870. The smallest absolute Gasteiger partial charge is 0.248 e. The van der Waals surface area contributed by atoms with Gasteiger partial charge in [0.05, 0.1) is 12.7 Å². The van der Waals surface area contributed by atoms with Gasteiger partial charge < -0.3 is 19.3 Å². The van der Waals surface area contributed by atoms with E-state index in [1.807, 2.05) is 4.90 Å². The standard InChI is InChI=1S/C22H28N2O3/c25-22(17-26-16-21-7-3-4-14-27-21)24-12-10-23(11-13-24)20-9-8-18-5-1-2-6-19(18)15-20/h1-2,5-6,8-9,15,21H,3-4,7,10-14,16-17H2. The van der Waals surface area contributed by atoms with Crippen LogP contribution in [0.2, 0.25) is 0 Å². The molecule has 2 aromatic carbocycles. The van der Waals surface area contributed by atoms with Crippen molar-refractivity contribution in [2.75, 3.05) is 50.9 Å². The summed E-state index contributed by atoms with van der Waals surface area (Å²) >= 11 is 0. The van der Waals surface area contributed by atoms with Gasteiger partial charge in [-0.3, -0.25) is 4.79 Å². The number of rotatable bonds is 5. The maximum absolute atomic E-state index is 12.4. The predicted molar refractivity (Wildman–Crippen MR) is 107 cm³/mol. The summed E-state index contributed by atoms with van der Waals surface area (Å²) in [6.45, 7) is 4.72. The highest BCUT2D eigenvalue weighted by Crippen LogP contribution is 2.23. The van der Waals surface area contributed by atoms with Gasteiger partial charge in [0.2, 0.25) is 5.91 Å². The molecule has 0 aliphatic carbocycles. The van der Waals surface area contributed by atoms with Crippen molar-refractivity contribution in [2.45, 2.75) is 25.4 Å². The molecule has 5 heteroatoms. The molecule has 0 aromatic heterocycles. The number of hydrogen-bond donors (Lipinski definition) is 0. The Kier molecular flexibility index (Phi) is 5.90. The van der Waals surface area contributed by atoms with E-state index >= 15 is 0 Å². The Morgan fingerprint density at radius 2 is 1.85 bits per heavy atom.